The van der Waals surface area contributed by atoms with E-state index in [0.29, 0.717) is 27.5 Å². The number of carbonyl (C=O) groups excluding carboxylic acids is 1. The van der Waals surface area contributed by atoms with Gasteiger partial charge >= 0.3 is 0 Å². The Kier molecular flexibility index (Phi) is 4.71. The van der Waals surface area contributed by atoms with E-state index < -0.39 is 5.92 Å². The third-order valence-electron chi connectivity index (χ3n) is 3.75. The summed E-state index contributed by atoms with van der Waals surface area (Å²) in [4.78, 5) is 14.2. The highest BCUT2D eigenvalue weighted by Gasteiger charge is 2.34. The van der Waals surface area contributed by atoms with Crippen molar-refractivity contribution in [2.45, 2.75) is 12.8 Å². The van der Waals surface area contributed by atoms with E-state index in [1.165, 1.54) is 11.3 Å². The van der Waals surface area contributed by atoms with E-state index in [4.69, 9.17) is 12.2 Å². The molecule has 1 aliphatic rings. The van der Waals surface area contributed by atoms with E-state index >= 15 is 0 Å². The normalized spacial score (nSPS) is 17.3. The molecule has 0 aliphatic carbocycles. The Labute approximate surface area is 149 Å². The van der Waals surface area contributed by atoms with E-state index in [1.54, 1.807) is 6.92 Å². The summed E-state index contributed by atoms with van der Waals surface area (Å²) in [5.41, 5.74) is 2.30. The number of rotatable bonds is 3. The summed E-state index contributed by atoms with van der Waals surface area (Å²) < 4.78 is 0. The van der Waals surface area contributed by atoms with Gasteiger partial charge in [0.05, 0.1) is 5.92 Å². The number of para-hydroxylation sites is 1. The Balaban J connectivity index is 2.04. The van der Waals surface area contributed by atoms with Crippen LogP contribution in [-0.4, -0.2) is 16.8 Å². The van der Waals surface area contributed by atoms with Crippen LogP contribution in [-0.2, 0) is 4.79 Å². The molecule has 0 saturated heterocycles. The number of amides is 1. The first-order chi connectivity index (χ1) is 11.6. The molecule has 1 aliphatic heterocycles. The first kappa shape index (κ1) is 16.3. The minimum absolute atomic E-state index is 0.236. The van der Waals surface area contributed by atoms with Gasteiger partial charge in [0.1, 0.15) is 4.99 Å². The molecule has 2 aromatic rings. The van der Waals surface area contributed by atoms with Gasteiger partial charge in [0.25, 0.3) is 5.91 Å². The average molecular weight is 352 g/mol. The second-order valence-corrected chi connectivity index (χ2v) is 6.67. The first-order valence-corrected chi connectivity index (χ1v) is 8.59. The molecule has 0 spiro atoms. The lowest BCUT2D eigenvalue weighted by Gasteiger charge is -2.30. The zero-order valence-corrected chi connectivity index (χ0v) is 14.5. The summed E-state index contributed by atoms with van der Waals surface area (Å²) >= 11 is 6.80. The Morgan fingerprint density at radius 3 is 2.67 bits per heavy atom. The highest BCUT2D eigenvalue weighted by molar-refractivity contribution is 7.80. The number of carbonyl (C=O) groups is 1. The zero-order chi connectivity index (χ0) is 17.1. The molecule has 1 amide bonds. The highest BCUT2D eigenvalue weighted by atomic mass is 32.1. The maximum Gasteiger partial charge on any atom is 0.254 e. The standard InChI is InChI=1S/C18H14N3OS2/c1-11-15(17(22)21-12-6-3-2-4-7-12)16(14-8-5-9-24-14)13(10-19)18(23)20-11/h2-9,16H,1H3,(H,20,23)(H,21,22)/q-1. The van der Waals surface area contributed by atoms with Gasteiger partial charge in [0, 0.05) is 27.4 Å². The van der Waals surface area contributed by atoms with Crippen LogP contribution in [0.2, 0.25) is 0 Å². The lowest BCUT2D eigenvalue weighted by atomic mass is 9.85. The van der Waals surface area contributed by atoms with Gasteiger partial charge in [-0.2, -0.15) is 0 Å². The van der Waals surface area contributed by atoms with Crippen LogP contribution in [0.25, 0.3) is 5.41 Å². The minimum atomic E-state index is -0.438. The number of allylic oxidation sites excluding steroid dienone is 1. The number of benzene rings is 1. The number of thiocarbonyl (C=S) groups is 1. The molecule has 0 radical (unpaired) electrons. The van der Waals surface area contributed by atoms with E-state index in [9.17, 15) is 10.2 Å². The van der Waals surface area contributed by atoms with Crippen LogP contribution in [0, 0.1) is 0 Å². The molecule has 1 aromatic heterocycles. The molecule has 2 N–H and O–H groups in total. The van der Waals surface area contributed by atoms with Gasteiger partial charge in [-0.1, -0.05) is 36.5 Å². The van der Waals surface area contributed by atoms with Gasteiger partial charge in [-0.3, -0.25) is 10.7 Å². The van der Waals surface area contributed by atoms with Crippen molar-refractivity contribution in [3.63, 3.8) is 0 Å². The van der Waals surface area contributed by atoms with Crippen molar-refractivity contribution in [2.24, 2.45) is 0 Å². The van der Waals surface area contributed by atoms with E-state index in [2.05, 4.69) is 16.5 Å². The van der Waals surface area contributed by atoms with Crippen LogP contribution in [0.3, 0.4) is 0 Å². The van der Waals surface area contributed by atoms with Gasteiger partial charge < -0.3 is 16.0 Å². The van der Waals surface area contributed by atoms with Crippen LogP contribution < -0.4 is 10.6 Å². The molecule has 1 unspecified atom stereocenters. The third kappa shape index (κ3) is 3.08. The van der Waals surface area contributed by atoms with Crippen LogP contribution in [0.15, 0.2) is 64.7 Å². The number of hydrogen-bond donors (Lipinski definition) is 2. The van der Waals surface area contributed by atoms with Crippen molar-refractivity contribution in [2.75, 3.05) is 5.32 Å². The van der Waals surface area contributed by atoms with Crippen molar-refractivity contribution in [1.29, 1.82) is 0 Å². The van der Waals surface area contributed by atoms with Crippen LogP contribution >= 0.6 is 23.6 Å². The smallest absolute Gasteiger partial charge is 0.254 e. The number of nitrogens with one attached hydrogen (secondary N) is 2. The number of anilines is 1. The molecule has 1 atom stereocenters. The van der Waals surface area contributed by atoms with E-state index in [0.717, 1.165) is 4.88 Å². The third-order valence-corrected chi connectivity index (χ3v) is 5.01. The Hall–Kier alpha value is -2.53. The van der Waals surface area contributed by atoms with Gasteiger partial charge in [-0.05, 0) is 30.5 Å². The SMILES string of the molecule is CC1=C(C(=O)Nc2ccccc2)C(c2cccs2)C(=C=[N-])C(=S)N1. The minimum Gasteiger partial charge on any atom is -0.763 e. The highest BCUT2D eigenvalue weighted by Crippen LogP contribution is 2.38. The molecule has 6 heteroatoms. The maximum absolute atomic E-state index is 12.9. The lowest BCUT2D eigenvalue weighted by molar-refractivity contribution is -0.113. The summed E-state index contributed by atoms with van der Waals surface area (Å²) in [5, 5.41) is 17.3. The lowest BCUT2D eigenvalue weighted by Crippen LogP contribution is -2.36. The van der Waals surface area contributed by atoms with Crippen molar-refractivity contribution < 1.29 is 4.79 Å². The molecule has 24 heavy (non-hydrogen) atoms. The van der Waals surface area contributed by atoms with Crippen LogP contribution in [0.5, 0.6) is 0 Å². The second-order valence-electron chi connectivity index (χ2n) is 5.29. The van der Waals surface area contributed by atoms with Gasteiger partial charge in [-0.15, -0.1) is 11.3 Å². The molecular weight excluding hydrogens is 338 g/mol. The summed E-state index contributed by atoms with van der Waals surface area (Å²) in [6.07, 6.45) is 0. The molecule has 2 heterocycles. The Bertz CT molecular complexity index is 863. The van der Waals surface area contributed by atoms with Crippen LogP contribution in [0.1, 0.15) is 17.7 Å². The summed E-state index contributed by atoms with van der Waals surface area (Å²) in [6, 6.07) is 13.1. The Morgan fingerprint density at radius 1 is 1.29 bits per heavy atom. The van der Waals surface area contributed by atoms with Crippen molar-refractivity contribution >= 4 is 46.0 Å². The Morgan fingerprint density at radius 2 is 2.04 bits per heavy atom. The topological polar surface area (TPSA) is 63.4 Å². The molecule has 4 nitrogen and oxygen atoms in total. The number of hydrogen-bond acceptors (Lipinski definition) is 3. The number of nitrogens with zero attached hydrogens (tertiary/aromatic N) is 1. The fraction of sp³-hybridized carbons (Fsp3) is 0.111. The predicted octanol–water partition coefficient (Wildman–Crippen LogP) is 3.84. The molecule has 3 rings (SSSR count). The molecule has 0 fully saturated rings. The quantitative estimate of drug-likeness (QED) is 0.501. The van der Waals surface area contributed by atoms with Crippen molar-refractivity contribution in [3.8, 4) is 0 Å². The molecule has 0 bridgehead atoms. The first-order valence-electron chi connectivity index (χ1n) is 7.30. The molecule has 0 saturated carbocycles. The second kappa shape index (κ2) is 6.93. The largest absolute Gasteiger partial charge is 0.763 e. The van der Waals surface area contributed by atoms with Crippen molar-refractivity contribution in [1.82, 2.24) is 5.32 Å². The molecular formula is C18H14N3OS2-. The van der Waals surface area contributed by atoms with Gasteiger partial charge in [0.2, 0.25) is 0 Å². The van der Waals surface area contributed by atoms with Crippen LogP contribution in [0.4, 0.5) is 5.69 Å². The molecule has 1 aromatic carbocycles. The summed E-state index contributed by atoms with van der Waals surface area (Å²) in [6.45, 7) is 1.81. The van der Waals surface area contributed by atoms with Gasteiger partial charge in [0.15, 0.2) is 0 Å². The summed E-state index contributed by atoms with van der Waals surface area (Å²) in [7, 11) is 0. The average Bonchev–Trinajstić information content (AvgIpc) is 3.09. The fourth-order valence-electron chi connectivity index (χ4n) is 2.67. The molecule has 120 valence electrons. The number of thiophene rings is 1. The zero-order valence-electron chi connectivity index (χ0n) is 12.9. The predicted molar refractivity (Wildman–Crippen MR) is 102 cm³/mol. The van der Waals surface area contributed by atoms with E-state index in [-0.39, 0.29) is 5.91 Å². The van der Waals surface area contributed by atoms with Gasteiger partial charge in [-0.25, -0.2) is 0 Å². The monoisotopic (exact) mass is 352 g/mol. The van der Waals surface area contributed by atoms with E-state index in [1.807, 2.05) is 47.8 Å². The maximum atomic E-state index is 12.9. The fourth-order valence-corrected chi connectivity index (χ4v) is 3.83. The summed E-state index contributed by atoms with van der Waals surface area (Å²) in [5.74, 6) is 1.49. The van der Waals surface area contributed by atoms with Crippen molar-refractivity contribution in [3.05, 3.63) is 75.0 Å².